The van der Waals surface area contributed by atoms with Gasteiger partial charge in [0.05, 0.1) is 0 Å². The Morgan fingerprint density at radius 2 is 1.79 bits per heavy atom. The average Bonchev–Trinajstić information content (AvgIpc) is 2.26. The third kappa shape index (κ3) is 5.95. The van der Waals surface area contributed by atoms with Gasteiger partial charge in [0.1, 0.15) is 0 Å². The molecule has 0 heterocycles. The summed E-state index contributed by atoms with van der Waals surface area (Å²) in [6, 6.07) is 0.561. The van der Waals surface area contributed by atoms with Crippen molar-refractivity contribution in [2.24, 2.45) is 5.41 Å². The predicted octanol–water partition coefficient (Wildman–Crippen LogP) is 5.19. The molecule has 0 amide bonds. The molecule has 1 aliphatic carbocycles. The van der Waals surface area contributed by atoms with Gasteiger partial charge in [0, 0.05) is 11.6 Å². The predicted molar refractivity (Wildman–Crippen MR) is 86.5 cm³/mol. The van der Waals surface area contributed by atoms with E-state index in [0.29, 0.717) is 11.5 Å². The first kappa shape index (κ1) is 16.5. The molecule has 0 spiro atoms. The molecule has 0 aromatic heterocycles. The first-order chi connectivity index (χ1) is 8.59. The number of allylic oxidation sites excluding steroid dienone is 2. The van der Waals surface area contributed by atoms with E-state index in [0.717, 1.165) is 6.42 Å². The molecule has 1 heteroatoms. The van der Waals surface area contributed by atoms with Gasteiger partial charge in [-0.2, -0.15) is 0 Å². The molecule has 0 bridgehead atoms. The minimum absolute atomic E-state index is 0.243. The van der Waals surface area contributed by atoms with Gasteiger partial charge in [-0.25, -0.2) is 0 Å². The van der Waals surface area contributed by atoms with Crippen molar-refractivity contribution in [3.8, 4) is 0 Å². The van der Waals surface area contributed by atoms with Crippen molar-refractivity contribution in [2.75, 3.05) is 7.05 Å². The summed E-state index contributed by atoms with van der Waals surface area (Å²) in [5.41, 5.74) is 2.24. The molecule has 0 radical (unpaired) electrons. The van der Waals surface area contributed by atoms with Crippen molar-refractivity contribution in [2.45, 2.75) is 78.8 Å². The molecular formula is C18H33N. The second-order valence-corrected chi connectivity index (χ2v) is 8.14. The van der Waals surface area contributed by atoms with E-state index in [9.17, 15) is 0 Å². The molecule has 1 aliphatic rings. The number of rotatable bonds is 4. The van der Waals surface area contributed by atoms with Crippen molar-refractivity contribution < 1.29 is 0 Å². The molecule has 1 nitrogen and oxygen atoms in total. The van der Waals surface area contributed by atoms with Crippen molar-refractivity contribution in [1.82, 2.24) is 4.90 Å². The third-order valence-electron chi connectivity index (χ3n) is 4.10. The standard InChI is InChI=1S/C18H33N/c1-17(2,3)14-8-9-15-10-12-16(13-11-15)19(7)18(4,5)6/h10-12,16H,8-9,13-14H2,1-7H3. The smallest absolute Gasteiger partial charge is 0.0318 e. The summed E-state index contributed by atoms with van der Waals surface area (Å²) in [6.45, 7) is 13.8. The van der Waals surface area contributed by atoms with Gasteiger partial charge in [-0.15, -0.1) is 0 Å². The monoisotopic (exact) mass is 263 g/mol. The van der Waals surface area contributed by atoms with Crippen LogP contribution in [0.25, 0.3) is 0 Å². The van der Waals surface area contributed by atoms with E-state index in [1.807, 2.05) is 0 Å². The fourth-order valence-corrected chi connectivity index (χ4v) is 2.45. The van der Waals surface area contributed by atoms with E-state index in [-0.39, 0.29) is 5.54 Å². The summed E-state index contributed by atoms with van der Waals surface area (Å²) in [4.78, 5) is 2.46. The summed E-state index contributed by atoms with van der Waals surface area (Å²) in [7, 11) is 2.23. The Kier molecular flexibility index (Phi) is 5.43. The van der Waals surface area contributed by atoms with Gasteiger partial charge in [-0.3, -0.25) is 4.90 Å². The lowest BCUT2D eigenvalue weighted by molar-refractivity contribution is 0.141. The van der Waals surface area contributed by atoms with E-state index in [1.165, 1.54) is 24.8 Å². The number of hydrogen-bond acceptors (Lipinski definition) is 1. The van der Waals surface area contributed by atoms with Crippen molar-refractivity contribution in [1.29, 1.82) is 0 Å². The maximum absolute atomic E-state index is 2.46. The zero-order valence-electron chi connectivity index (χ0n) is 14.1. The quantitative estimate of drug-likeness (QED) is 0.675. The molecule has 0 fully saturated rings. The van der Waals surface area contributed by atoms with Gasteiger partial charge in [0.25, 0.3) is 0 Å². The fraction of sp³-hybridized carbons (Fsp3) is 0.778. The van der Waals surface area contributed by atoms with Crippen molar-refractivity contribution >= 4 is 0 Å². The summed E-state index contributed by atoms with van der Waals surface area (Å²) < 4.78 is 0. The second kappa shape index (κ2) is 6.26. The van der Waals surface area contributed by atoms with Crippen LogP contribution in [0.3, 0.4) is 0 Å². The van der Waals surface area contributed by atoms with Crippen molar-refractivity contribution in [3.05, 3.63) is 23.8 Å². The molecule has 0 aromatic rings. The van der Waals surface area contributed by atoms with Crippen LogP contribution in [0, 0.1) is 5.41 Å². The van der Waals surface area contributed by atoms with Gasteiger partial charge < -0.3 is 0 Å². The van der Waals surface area contributed by atoms with Crippen LogP contribution < -0.4 is 0 Å². The summed E-state index contributed by atoms with van der Waals surface area (Å²) in [5.74, 6) is 0. The highest BCUT2D eigenvalue weighted by molar-refractivity contribution is 5.25. The Morgan fingerprint density at radius 1 is 1.16 bits per heavy atom. The molecule has 1 unspecified atom stereocenters. The summed E-state index contributed by atoms with van der Waals surface area (Å²) >= 11 is 0. The highest BCUT2D eigenvalue weighted by Crippen LogP contribution is 2.26. The Bertz CT molecular complexity index is 336. The Balaban J connectivity index is 2.41. The van der Waals surface area contributed by atoms with Crippen LogP contribution in [0.15, 0.2) is 23.8 Å². The SMILES string of the molecule is CN(C1C=CC(CCCC(C)(C)C)=CC1)C(C)(C)C. The Hall–Kier alpha value is -0.560. The third-order valence-corrected chi connectivity index (χ3v) is 4.10. The minimum atomic E-state index is 0.243. The minimum Gasteiger partial charge on any atom is -0.295 e. The van der Waals surface area contributed by atoms with Crippen LogP contribution in [0.5, 0.6) is 0 Å². The maximum atomic E-state index is 2.46. The molecule has 0 saturated carbocycles. The molecule has 19 heavy (non-hydrogen) atoms. The molecule has 1 atom stereocenters. The fourth-order valence-electron chi connectivity index (χ4n) is 2.45. The van der Waals surface area contributed by atoms with Crippen LogP contribution in [0.1, 0.15) is 67.2 Å². The number of nitrogens with zero attached hydrogens (tertiary/aromatic N) is 1. The number of likely N-dealkylation sites (N-methyl/N-ethyl adjacent to an activating group) is 1. The van der Waals surface area contributed by atoms with E-state index in [2.05, 4.69) is 71.7 Å². The lowest BCUT2D eigenvalue weighted by Crippen LogP contribution is -2.44. The van der Waals surface area contributed by atoms with E-state index < -0.39 is 0 Å². The largest absolute Gasteiger partial charge is 0.295 e. The van der Waals surface area contributed by atoms with E-state index >= 15 is 0 Å². The van der Waals surface area contributed by atoms with Crippen LogP contribution in [0.2, 0.25) is 0 Å². The molecule has 110 valence electrons. The number of hydrogen-bond donors (Lipinski definition) is 0. The van der Waals surface area contributed by atoms with Crippen LogP contribution in [-0.2, 0) is 0 Å². The van der Waals surface area contributed by atoms with Gasteiger partial charge in [-0.1, -0.05) is 44.6 Å². The first-order valence-electron chi connectivity index (χ1n) is 7.70. The zero-order valence-corrected chi connectivity index (χ0v) is 14.1. The molecule has 0 aliphatic heterocycles. The lowest BCUT2D eigenvalue weighted by atomic mass is 9.88. The molecule has 0 aromatic carbocycles. The van der Waals surface area contributed by atoms with Gasteiger partial charge in [0.2, 0.25) is 0 Å². The van der Waals surface area contributed by atoms with E-state index in [1.54, 1.807) is 0 Å². The maximum Gasteiger partial charge on any atom is 0.0318 e. The highest BCUT2D eigenvalue weighted by atomic mass is 15.2. The second-order valence-electron chi connectivity index (χ2n) is 8.14. The zero-order chi connectivity index (χ0) is 14.7. The van der Waals surface area contributed by atoms with Gasteiger partial charge in [0.15, 0.2) is 0 Å². The molecule has 1 rings (SSSR count). The average molecular weight is 263 g/mol. The van der Waals surface area contributed by atoms with Crippen molar-refractivity contribution in [3.63, 3.8) is 0 Å². The molecule has 0 saturated heterocycles. The van der Waals surface area contributed by atoms with E-state index in [4.69, 9.17) is 0 Å². The Morgan fingerprint density at radius 3 is 2.21 bits per heavy atom. The van der Waals surface area contributed by atoms with Gasteiger partial charge in [-0.05, 0) is 58.9 Å². The normalized spacial score (nSPS) is 20.8. The van der Waals surface area contributed by atoms with Crippen LogP contribution >= 0.6 is 0 Å². The Labute approximate surface area is 120 Å². The van der Waals surface area contributed by atoms with Crippen LogP contribution in [0.4, 0.5) is 0 Å². The highest BCUT2D eigenvalue weighted by Gasteiger charge is 2.24. The molecular weight excluding hydrogens is 230 g/mol. The topological polar surface area (TPSA) is 3.24 Å². The summed E-state index contributed by atoms with van der Waals surface area (Å²) in [5, 5.41) is 0. The summed E-state index contributed by atoms with van der Waals surface area (Å²) in [6.07, 6.45) is 12.2. The molecule has 0 N–H and O–H groups in total. The lowest BCUT2D eigenvalue weighted by Gasteiger charge is -2.38. The van der Waals surface area contributed by atoms with Crippen LogP contribution in [-0.4, -0.2) is 23.5 Å². The van der Waals surface area contributed by atoms with Gasteiger partial charge >= 0.3 is 0 Å². The first-order valence-corrected chi connectivity index (χ1v) is 7.70.